The third kappa shape index (κ3) is 1.11. The van der Waals surface area contributed by atoms with Crippen LogP contribution in [-0.2, 0) is 0 Å². The predicted molar refractivity (Wildman–Crippen MR) is 57.4 cm³/mol. The Balaban J connectivity index is 2.22. The van der Waals surface area contributed by atoms with Crippen LogP contribution < -0.4 is 5.32 Å². The molecule has 0 spiro atoms. The molecule has 1 fully saturated rings. The van der Waals surface area contributed by atoms with Gasteiger partial charge < -0.3 is 5.32 Å². The SMILES string of the molecule is c1cc(C2CNC2)c2ccncc2c1. The number of pyridine rings is 1. The van der Waals surface area contributed by atoms with Crippen LogP contribution in [0.4, 0.5) is 0 Å². The molecule has 0 atom stereocenters. The third-order valence-electron chi connectivity index (χ3n) is 2.94. The number of rotatable bonds is 1. The summed E-state index contributed by atoms with van der Waals surface area (Å²) in [5.41, 5.74) is 1.46. The van der Waals surface area contributed by atoms with Crippen LogP contribution in [0.5, 0.6) is 0 Å². The zero-order valence-electron chi connectivity index (χ0n) is 7.90. The second kappa shape index (κ2) is 3.07. The molecule has 0 aliphatic carbocycles. The first-order chi connectivity index (χ1) is 6.95. The summed E-state index contributed by atoms with van der Waals surface area (Å²) in [7, 11) is 0. The highest BCUT2D eigenvalue weighted by atomic mass is 14.9. The topological polar surface area (TPSA) is 24.9 Å². The van der Waals surface area contributed by atoms with E-state index in [0.29, 0.717) is 5.92 Å². The Morgan fingerprint density at radius 1 is 1.21 bits per heavy atom. The lowest BCUT2D eigenvalue weighted by atomic mass is 9.90. The first kappa shape index (κ1) is 7.94. The zero-order chi connectivity index (χ0) is 9.38. The standard InChI is InChI=1S/C12H12N2/c1-2-9-6-13-5-4-12(9)11(3-1)10-7-14-8-10/h1-6,10,14H,7-8H2. The average molecular weight is 184 g/mol. The molecule has 1 aromatic carbocycles. The molecule has 3 rings (SSSR count). The molecule has 1 aliphatic rings. The van der Waals surface area contributed by atoms with Crippen LogP contribution in [0.1, 0.15) is 11.5 Å². The molecule has 1 aliphatic heterocycles. The molecule has 2 nitrogen and oxygen atoms in total. The van der Waals surface area contributed by atoms with Gasteiger partial charge in [-0.25, -0.2) is 0 Å². The van der Waals surface area contributed by atoms with Gasteiger partial charge in [0.15, 0.2) is 0 Å². The monoisotopic (exact) mass is 184 g/mol. The van der Waals surface area contributed by atoms with Crippen molar-refractivity contribution in [2.24, 2.45) is 0 Å². The molecule has 70 valence electrons. The summed E-state index contributed by atoms with van der Waals surface area (Å²) in [6.45, 7) is 2.23. The number of fused-ring (bicyclic) bond motifs is 1. The highest BCUT2D eigenvalue weighted by molar-refractivity contribution is 5.85. The Bertz CT molecular complexity index is 455. The van der Waals surface area contributed by atoms with E-state index in [1.54, 1.807) is 0 Å². The summed E-state index contributed by atoms with van der Waals surface area (Å²) in [6.07, 6.45) is 3.81. The van der Waals surface area contributed by atoms with Gasteiger partial charge in [-0.15, -0.1) is 0 Å². The van der Waals surface area contributed by atoms with Crippen LogP contribution in [-0.4, -0.2) is 18.1 Å². The van der Waals surface area contributed by atoms with Gasteiger partial charge in [0.1, 0.15) is 0 Å². The minimum absolute atomic E-state index is 0.695. The fourth-order valence-electron chi connectivity index (χ4n) is 2.01. The van der Waals surface area contributed by atoms with Gasteiger partial charge in [0, 0.05) is 36.8 Å². The minimum Gasteiger partial charge on any atom is -0.315 e. The van der Waals surface area contributed by atoms with Gasteiger partial charge >= 0.3 is 0 Å². The van der Waals surface area contributed by atoms with E-state index in [9.17, 15) is 0 Å². The van der Waals surface area contributed by atoms with Crippen molar-refractivity contribution in [3.05, 3.63) is 42.2 Å². The molecular formula is C12H12N2. The fraction of sp³-hybridized carbons (Fsp3) is 0.250. The number of hydrogen-bond acceptors (Lipinski definition) is 2. The van der Waals surface area contributed by atoms with Crippen molar-refractivity contribution in [2.45, 2.75) is 5.92 Å². The second-order valence-electron chi connectivity index (χ2n) is 3.80. The number of hydrogen-bond donors (Lipinski definition) is 1. The molecule has 1 saturated heterocycles. The van der Waals surface area contributed by atoms with Gasteiger partial charge in [-0.1, -0.05) is 18.2 Å². The zero-order valence-corrected chi connectivity index (χ0v) is 7.90. The van der Waals surface area contributed by atoms with Crippen LogP contribution in [0.15, 0.2) is 36.7 Å². The van der Waals surface area contributed by atoms with Gasteiger partial charge in [0.2, 0.25) is 0 Å². The van der Waals surface area contributed by atoms with E-state index in [2.05, 4.69) is 34.6 Å². The van der Waals surface area contributed by atoms with Crippen molar-refractivity contribution >= 4 is 10.8 Å². The number of nitrogens with one attached hydrogen (secondary N) is 1. The van der Waals surface area contributed by atoms with Crippen LogP contribution in [0, 0.1) is 0 Å². The van der Waals surface area contributed by atoms with E-state index >= 15 is 0 Å². The van der Waals surface area contributed by atoms with E-state index < -0.39 is 0 Å². The third-order valence-corrected chi connectivity index (χ3v) is 2.94. The molecule has 0 saturated carbocycles. The Hall–Kier alpha value is -1.41. The Labute approximate surface area is 83.0 Å². The Morgan fingerprint density at radius 3 is 2.93 bits per heavy atom. The summed E-state index contributed by atoms with van der Waals surface area (Å²) in [6, 6.07) is 8.59. The molecule has 0 unspecified atom stereocenters. The lowest BCUT2D eigenvalue weighted by Gasteiger charge is -2.28. The first-order valence-corrected chi connectivity index (χ1v) is 4.98. The summed E-state index contributed by atoms with van der Waals surface area (Å²) in [5, 5.41) is 5.91. The number of benzene rings is 1. The Kier molecular flexibility index (Phi) is 1.74. The average Bonchev–Trinajstić information content (AvgIpc) is 2.16. The summed E-state index contributed by atoms with van der Waals surface area (Å²) < 4.78 is 0. The summed E-state index contributed by atoms with van der Waals surface area (Å²) >= 11 is 0. The van der Waals surface area contributed by atoms with Gasteiger partial charge in [0.25, 0.3) is 0 Å². The van der Waals surface area contributed by atoms with E-state index in [1.165, 1.54) is 16.3 Å². The molecule has 2 heterocycles. The van der Waals surface area contributed by atoms with Gasteiger partial charge in [-0.3, -0.25) is 4.98 Å². The fourth-order valence-corrected chi connectivity index (χ4v) is 2.01. The second-order valence-corrected chi connectivity index (χ2v) is 3.80. The highest BCUT2D eigenvalue weighted by Crippen LogP contribution is 2.27. The molecule has 0 radical (unpaired) electrons. The predicted octanol–water partition coefficient (Wildman–Crippen LogP) is 1.92. The molecule has 2 heteroatoms. The highest BCUT2D eigenvalue weighted by Gasteiger charge is 2.20. The maximum Gasteiger partial charge on any atom is 0.0346 e. The number of nitrogens with zero attached hydrogens (tertiary/aromatic N) is 1. The van der Waals surface area contributed by atoms with Gasteiger partial charge in [-0.05, 0) is 17.0 Å². The van der Waals surface area contributed by atoms with Crippen LogP contribution in [0.25, 0.3) is 10.8 Å². The normalized spacial score (nSPS) is 16.9. The summed E-state index contributed by atoms with van der Waals surface area (Å²) in [4.78, 5) is 4.14. The van der Waals surface area contributed by atoms with E-state index in [1.807, 2.05) is 12.4 Å². The van der Waals surface area contributed by atoms with Crippen molar-refractivity contribution in [3.8, 4) is 0 Å². The maximum atomic E-state index is 4.14. The molecule has 2 aromatic rings. The lowest BCUT2D eigenvalue weighted by molar-refractivity contribution is 0.451. The first-order valence-electron chi connectivity index (χ1n) is 4.98. The largest absolute Gasteiger partial charge is 0.315 e. The van der Waals surface area contributed by atoms with Gasteiger partial charge in [-0.2, -0.15) is 0 Å². The van der Waals surface area contributed by atoms with Crippen molar-refractivity contribution in [1.29, 1.82) is 0 Å². The smallest absolute Gasteiger partial charge is 0.0346 e. The van der Waals surface area contributed by atoms with E-state index in [0.717, 1.165) is 13.1 Å². The molecule has 1 aromatic heterocycles. The minimum atomic E-state index is 0.695. The molecular weight excluding hydrogens is 172 g/mol. The molecule has 1 N–H and O–H groups in total. The van der Waals surface area contributed by atoms with E-state index in [-0.39, 0.29) is 0 Å². The number of aromatic nitrogens is 1. The van der Waals surface area contributed by atoms with Crippen molar-refractivity contribution in [2.75, 3.05) is 13.1 Å². The summed E-state index contributed by atoms with van der Waals surface area (Å²) in [5.74, 6) is 0.695. The Morgan fingerprint density at radius 2 is 2.14 bits per heavy atom. The van der Waals surface area contributed by atoms with Crippen LogP contribution in [0.3, 0.4) is 0 Å². The van der Waals surface area contributed by atoms with Gasteiger partial charge in [0.05, 0.1) is 0 Å². The van der Waals surface area contributed by atoms with E-state index in [4.69, 9.17) is 0 Å². The molecule has 14 heavy (non-hydrogen) atoms. The van der Waals surface area contributed by atoms with Crippen LogP contribution in [0.2, 0.25) is 0 Å². The van der Waals surface area contributed by atoms with Crippen LogP contribution >= 0.6 is 0 Å². The maximum absolute atomic E-state index is 4.14. The molecule has 0 amide bonds. The van der Waals surface area contributed by atoms with Crippen molar-refractivity contribution in [1.82, 2.24) is 10.3 Å². The lowest BCUT2D eigenvalue weighted by Crippen LogP contribution is -2.39. The molecule has 0 bridgehead atoms. The van der Waals surface area contributed by atoms with Crippen molar-refractivity contribution < 1.29 is 0 Å². The quantitative estimate of drug-likeness (QED) is 0.732. The van der Waals surface area contributed by atoms with Crippen molar-refractivity contribution in [3.63, 3.8) is 0 Å².